The molecule has 0 bridgehead atoms. The van der Waals surface area contributed by atoms with Gasteiger partial charge in [0.05, 0.1) is 4.90 Å². The third-order valence-corrected chi connectivity index (χ3v) is 3.35. The van der Waals surface area contributed by atoms with Gasteiger partial charge in [-0.1, -0.05) is 0 Å². The smallest absolute Gasteiger partial charge is 0.255 e. The molecule has 100 valence electrons. The van der Waals surface area contributed by atoms with Crippen LogP contribution in [0, 0.1) is 6.92 Å². The van der Waals surface area contributed by atoms with Crippen LogP contribution in [0.2, 0.25) is 0 Å². The van der Waals surface area contributed by atoms with Crippen LogP contribution in [0.4, 0.5) is 11.6 Å². The molecule has 0 spiro atoms. The zero-order valence-electron chi connectivity index (χ0n) is 10.0. The van der Waals surface area contributed by atoms with Gasteiger partial charge in [-0.15, -0.1) is 0 Å². The Bertz CT molecular complexity index is 750. The summed E-state index contributed by atoms with van der Waals surface area (Å²) >= 11 is 0. The second kappa shape index (κ2) is 4.82. The maximum atomic E-state index is 11.4. The first-order valence-corrected chi connectivity index (χ1v) is 6.87. The first-order chi connectivity index (χ1) is 8.86. The van der Waals surface area contributed by atoms with Gasteiger partial charge in [0.2, 0.25) is 16.0 Å². The quantitative estimate of drug-likeness (QED) is 0.755. The first kappa shape index (κ1) is 13.2. The fourth-order valence-corrected chi connectivity index (χ4v) is 1.90. The molecule has 0 amide bonds. The van der Waals surface area contributed by atoms with Crippen LogP contribution in [0.1, 0.15) is 5.56 Å². The molecule has 0 atom stereocenters. The second-order valence-corrected chi connectivity index (χ2v) is 5.50. The summed E-state index contributed by atoms with van der Waals surface area (Å²) in [5.41, 5.74) is 0.855. The predicted molar refractivity (Wildman–Crippen MR) is 70.7 cm³/mol. The Kier molecular flexibility index (Phi) is 3.36. The molecule has 8 heteroatoms. The summed E-state index contributed by atoms with van der Waals surface area (Å²) < 4.78 is 22.2. The Morgan fingerprint density at radius 2 is 1.89 bits per heavy atom. The molecular formula is C11H12N4O3S. The monoisotopic (exact) mass is 280 g/mol. The summed E-state index contributed by atoms with van der Waals surface area (Å²) in [5.74, 6) is 0.277. The third-order valence-electron chi connectivity index (χ3n) is 2.42. The van der Waals surface area contributed by atoms with Crippen LogP contribution < -0.4 is 16.0 Å². The standard InChI is InChI=1S/C11H12N4O3S/c1-7-6-13-11(15-10(7)16)14-8-2-4-9(5-3-8)19(12,17)18/h2-6H,1H3,(H2,12,17,18)(H2,13,14,15,16). The van der Waals surface area contributed by atoms with Crippen LogP contribution in [-0.2, 0) is 10.0 Å². The molecule has 4 N–H and O–H groups in total. The number of nitrogens with one attached hydrogen (secondary N) is 2. The summed E-state index contributed by atoms with van der Waals surface area (Å²) in [6.45, 7) is 1.65. The Morgan fingerprint density at radius 1 is 1.26 bits per heavy atom. The molecule has 1 aromatic heterocycles. The molecule has 0 unspecified atom stereocenters. The van der Waals surface area contributed by atoms with Crippen LogP contribution in [0.5, 0.6) is 0 Å². The van der Waals surface area contributed by atoms with E-state index in [1.54, 1.807) is 6.92 Å². The number of rotatable bonds is 3. The number of nitrogens with zero attached hydrogens (tertiary/aromatic N) is 1. The van der Waals surface area contributed by atoms with Crippen LogP contribution in [0.3, 0.4) is 0 Å². The Balaban J connectivity index is 2.24. The number of anilines is 2. The minimum Gasteiger partial charge on any atom is -0.326 e. The highest BCUT2D eigenvalue weighted by atomic mass is 32.2. The van der Waals surface area contributed by atoms with Crippen molar-refractivity contribution >= 4 is 21.7 Å². The van der Waals surface area contributed by atoms with Crippen molar-refractivity contribution in [1.29, 1.82) is 0 Å². The molecule has 2 rings (SSSR count). The zero-order chi connectivity index (χ0) is 14.0. The molecule has 0 saturated heterocycles. The van der Waals surface area contributed by atoms with Crippen molar-refractivity contribution in [3.8, 4) is 0 Å². The van der Waals surface area contributed by atoms with Crippen molar-refractivity contribution in [1.82, 2.24) is 9.97 Å². The number of benzene rings is 1. The van der Waals surface area contributed by atoms with Gasteiger partial charge in [-0.2, -0.15) is 0 Å². The van der Waals surface area contributed by atoms with E-state index in [4.69, 9.17) is 5.14 Å². The number of H-pyrrole nitrogens is 1. The van der Waals surface area contributed by atoms with Crippen LogP contribution in [-0.4, -0.2) is 18.4 Å². The summed E-state index contributed by atoms with van der Waals surface area (Å²) in [4.78, 5) is 17.9. The maximum Gasteiger partial charge on any atom is 0.255 e. The van der Waals surface area contributed by atoms with Crippen LogP contribution >= 0.6 is 0 Å². The number of hydrogen-bond donors (Lipinski definition) is 3. The van der Waals surface area contributed by atoms with Crippen LogP contribution in [0.25, 0.3) is 0 Å². The minimum atomic E-state index is -3.71. The number of aromatic amines is 1. The molecule has 0 radical (unpaired) electrons. The third kappa shape index (κ3) is 3.18. The van der Waals surface area contributed by atoms with E-state index in [9.17, 15) is 13.2 Å². The van der Waals surface area contributed by atoms with Gasteiger partial charge in [0.25, 0.3) is 5.56 Å². The van der Waals surface area contributed by atoms with E-state index >= 15 is 0 Å². The molecule has 19 heavy (non-hydrogen) atoms. The number of aryl methyl sites for hydroxylation is 1. The molecule has 7 nitrogen and oxygen atoms in total. The number of aromatic nitrogens is 2. The van der Waals surface area contributed by atoms with E-state index < -0.39 is 10.0 Å². The normalized spacial score (nSPS) is 11.3. The lowest BCUT2D eigenvalue weighted by Gasteiger charge is -2.06. The summed E-state index contributed by atoms with van der Waals surface area (Å²) in [5, 5.41) is 7.84. The number of sulfonamides is 1. The summed E-state index contributed by atoms with van der Waals surface area (Å²) in [7, 11) is -3.71. The van der Waals surface area contributed by atoms with Gasteiger partial charge in [-0.3, -0.25) is 9.78 Å². The fraction of sp³-hybridized carbons (Fsp3) is 0.0909. The highest BCUT2D eigenvalue weighted by molar-refractivity contribution is 7.89. The van der Waals surface area contributed by atoms with Gasteiger partial charge in [-0.25, -0.2) is 18.5 Å². The fourth-order valence-electron chi connectivity index (χ4n) is 1.39. The molecule has 1 aromatic carbocycles. The molecule has 2 aromatic rings. The van der Waals surface area contributed by atoms with Gasteiger partial charge < -0.3 is 5.32 Å². The van der Waals surface area contributed by atoms with Crippen molar-refractivity contribution in [3.05, 3.63) is 46.4 Å². The van der Waals surface area contributed by atoms with E-state index in [0.717, 1.165) is 0 Å². The zero-order valence-corrected chi connectivity index (χ0v) is 10.9. The highest BCUT2D eigenvalue weighted by Gasteiger charge is 2.07. The number of nitrogens with two attached hydrogens (primary N) is 1. The minimum absolute atomic E-state index is 0.0170. The maximum absolute atomic E-state index is 11.4. The van der Waals surface area contributed by atoms with Crippen molar-refractivity contribution in [2.45, 2.75) is 11.8 Å². The SMILES string of the molecule is Cc1cnc(Nc2ccc(S(N)(=O)=O)cc2)[nH]c1=O. The predicted octanol–water partition coefficient (Wildman–Crippen LogP) is 0.469. The van der Waals surface area contributed by atoms with E-state index in [-0.39, 0.29) is 16.4 Å². The van der Waals surface area contributed by atoms with E-state index in [1.807, 2.05) is 0 Å². The van der Waals surface area contributed by atoms with Gasteiger partial charge in [0.1, 0.15) is 0 Å². The van der Waals surface area contributed by atoms with Gasteiger partial charge in [0, 0.05) is 17.4 Å². The molecule has 1 heterocycles. The lowest BCUT2D eigenvalue weighted by Crippen LogP contribution is -2.13. The molecule has 0 aliphatic rings. The Morgan fingerprint density at radius 3 is 2.42 bits per heavy atom. The Hall–Kier alpha value is -2.19. The highest BCUT2D eigenvalue weighted by Crippen LogP contribution is 2.15. The lowest BCUT2D eigenvalue weighted by atomic mass is 10.3. The van der Waals surface area contributed by atoms with Gasteiger partial charge in [0.15, 0.2) is 0 Å². The van der Waals surface area contributed by atoms with E-state index in [0.29, 0.717) is 11.3 Å². The van der Waals surface area contributed by atoms with Crippen molar-refractivity contribution in [2.75, 3.05) is 5.32 Å². The first-order valence-electron chi connectivity index (χ1n) is 5.32. The molecule has 0 aliphatic heterocycles. The summed E-state index contributed by atoms with van der Waals surface area (Å²) in [6.07, 6.45) is 1.44. The topological polar surface area (TPSA) is 118 Å². The van der Waals surface area contributed by atoms with Crippen molar-refractivity contribution in [2.24, 2.45) is 5.14 Å². The largest absolute Gasteiger partial charge is 0.326 e. The number of primary sulfonamides is 1. The van der Waals surface area contributed by atoms with E-state index in [2.05, 4.69) is 15.3 Å². The molecule has 0 aliphatic carbocycles. The average molecular weight is 280 g/mol. The van der Waals surface area contributed by atoms with Gasteiger partial charge in [-0.05, 0) is 31.2 Å². The number of hydrogen-bond acceptors (Lipinski definition) is 5. The molecular weight excluding hydrogens is 268 g/mol. The second-order valence-electron chi connectivity index (χ2n) is 3.94. The van der Waals surface area contributed by atoms with Gasteiger partial charge >= 0.3 is 0 Å². The Labute approximate surface area is 109 Å². The lowest BCUT2D eigenvalue weighted by molar-refractivity contribution is 0.598. The van der Waals surface area contributed by atoms with E-state index in [1.165, 1.54) is 30.5 Å². The summed E-state index contributed by atoms with van der Waals surface area (Å²) in [6, 6.07) is 5.78. The molecule has 0 fully saturated rings. The molecule has 0 saturated carbocycles. The van der Waals surface area contributed by atoms with Crippen molar-refractivity contribution < 1.29 is 8.42 Å². The average Bonchev–Trinajstić information content (AvgIpc) is 2.33. The van der Waals surface area contributed by atoms with Crippen molar-refractivity contribution in [3.63, 3.8) is 0 Å². The van der Waals surface area contributed by atoms with Crippen LogP contribution in [0.15, 0.2) is 40.2 Å².